The molecule has 0 saturated carbocycles. The molecule has 3 rings (SSSR count). The van der Waals surface area contributed by atoms with Crippen molar-refractivity contribution in [2.75, 3.05) is 5.32 Å². The van der Waals surface area contributed by atoms with Crippen molar-refractivity contribution in [2.45, 2.75) is 6.42 Å². The summed E-state index contributed by atoms with van der Waals surface area (Å²) in [4.78, 5) is 27.9. The van der Waals surface area contributed by atoms with Crippen molar-refractivity contribution in [3.05, 3.63) is 69.9 Å². The summed E-state index contributed by atoms with van der Waals surface area (Å²) in [7, 11) is 0. The van der Waals surface area contributed by atoms with E-state index in [2.05, 4.69) is 31.0 Å². The van der Waals surface area contributed by atoms with E-state index < -0.39 is 0 Å². The third-order valence-electron chi connectivity index (χ3n) is 3.21. The summed E-state index contributed by atoms with van der Waals surface area (Å²) in [5.41, 5.74) is 3.67. The van der Waals surface area contributed by atoms with Crippen LogP contribution in [0.5, 0.6) is 0 Å². The molecular formula is C17H13ClN6O2S. The first-order valence-corrected chi connectivity index (χ1v) is 8.91. The van der Waals surface area contributed by atoms with Gasteiger partial charge in [-0.2, -0.15) is 5.10 Å². The van der Waals surface area contributed by atoms with Crippen molar-refractivity contribution in [1.29, 1.82) is 0 Å². The number of nitrogens with one attached hydrogen (secondary N) is 2. The highest BCUT2D eigenvalue weighted by atomic mass is 35.5. The van der Waals surface area contributed by atoms with E-state index in [1.807, 2.05) is 0 Å². The smallest absolute Gasteiger partial charge is 0.257 e. The van der Waals surface area contributed by atoms with Crippen molar-refractivity contribution in [3.63, 3.8) is 0 Å². The normalized spacial score (nSPS) is 10.7. The second-order valence-electron chi connectivity index (χ2n) is 5.21. The molecule has 0 fully saturated rings. The molecule has 27 heavy (non-hydrogen) atoms. The van der Waals surface area contributed by atoms with Crippen LogP contribution in [0.15, 0.2) is 53.9 Å². The molecule has 1 aromatic carbocycles. The number of hydrogen-bond donors (Lipinski definition) is 2. The minimum absolute atomic E-state index is 0.00215. The summed E-state index contributed by atoms with van der Waals surface area (Å²) in [6.45, 7) is 0. The zero-order chi connectivity index (χ0) is 19.1. The number of hydrazone groups is 1. The molecule has 0 aliphatic heterocycles. The first-order chi connectivity index (χ1) is 13.1. The fraction of sp³-hybridized carbons (Fsp3) is 0.0588. The summed E-state index contributed by atoms with van der Waals surface area (Å²) in [6.07, 6.45) is 4.77. The average molecular weight is 401 g/mol. The van der Waals surface area contributed by atoms with Crippen LogP contribution in [0.2, 0.25) is 5.02 Å². The summed E-state index contributed by atoms with van der Waals surface area (Å²) in [6, 6.07) is 9.98. The number of nitrogens with zero attached hydrogens (tertiary/aromatic N) is 4. The first kappa shape index (κ1) is 18.6. The number of carbonyl (C=O) groups is 2. The van der Waals surface area contributed by atoms with Crippen LogP contribution in [-0.4, -0.2) is 33.2 Å². The van der Waals surface area contributed by atoms with Crippen LogP contribution in [0.4, 0.5) is 5.13 Å². The highest BCUT2D eigenvalue weighted by Gasteiger charge is 2.12. The monoisotopic (exact) mass is 400 g/mol. The predicted octanol–water partition coefficient (Wildman–Crippen LogP) is 2.53. The number of aromatic nitrogens is 3. The standard InChI is InChI=1S/C17H13ClN6O2S/c18-13-3-1-12(2-4-13)16(26)21-17-24-23-15(27-17)9-14(25)22-20-10-11-5-7-19-8-6-11/h1-8,10H,9H2,(H,22,25)(H,21,24,26)/b20-10-. The maximum Gasteiger partial charge on any atom is 0.257 e. The molecule has 0 aliphatic rings. The topological polar surface area (TPSA) is 109 Å². The Kier molecular flexibility index (Phi) is 6.18. The van der Waals surface area contributed by atoms with E-state index in [9.17, 15) is 9.59 Å². The maximum atomic E-state index is 12.1. The molecule has 10 heteroatoms. The van der Waals surface area contributed by atoms with E-state index in [0.29, 0.717) is 20.7 Å². The van der Waals surface area contributed by atoms with Gasteiger partial charge in [0.05, 0.1) is 12.6 Å². The van der Waals surface area contributed by atoms with Gasteiger partial charge in [0.1, 0.15) is 5.01 Å². The average Bonchev–Trinajstić information content (AvgIpc) is 3.09. The van der Waals surface area contributed by atoms with Gasteiger partial charge in [0.2, 0.25) is 11.0 Å². The Morgan fingerprint density at radius 1 is 1.11 bits per heavy atom. The Balaban J connectivity index is 1.51. The van der Waals surface area contributed by atoms with Gasteiger partial charge in [0, 0.05) is 23.0 Å². The molecule has 0 spiro atoms. The van der Waals surface area contributed by atoms with E-state index in [1.165, 1.54) is 6.21 Å². The Morgan fingerprint density at radius 2 is 1.85 bits per heavy atom. The Hall–Kier alpha value is -3.17. The zero-order valence-electron chi connectivity index (χ0n) is 13.8. The van der Waals surface area contributed by atoms with E-state index in [1.54, 1.807) is 48.8 Å². The fourth-order valence-electron chi connectivity index (χ4n) is 1.95. The van der Waals surface area contributed by atoms with Gasteiger partial charge < -0.3 is 0 Å². The summed E-state index contributed by atoms with van der Waals surface area (Å²) < 4.78 is 0. The quantitative estimate of drug-likeness (QED) is 0.488. The molecule has 8 nitrogen and oxygen atoms in total. The van der Waals surface area contributed by atoms with Crippen LogP contribution in [0, 0.1) is 0 Å². The van der Waals surface area contributed by atoms with Crippen LogP contribution < -0.4 is 10.7 Å². The van der Waals surface area contributed by atoms with Gasteiger partial charge >= 0.3 is 0 Å². The van der Waals surface area contributed by atoms with Crippen molar-refractivity contribution in [2.24, 2.45) is 5.10 Å². The van der Waals surface area contributed by atoms with E-state index in [-0.39, 0.29) is 18.2 Å². The van der Waals surface area contributed by atoms with Gasteiger partial charge in [-0.3, -0.25) is 19.9 Å². The lowest BCUT2D eigenvalue weighted by Crippen LogP contribution is -2.19. The van der Waals surface area contributed by atoms with Gasteiger partial charge in [0.15, 0.2) is 0 Å². The van der Waals surface area contributed by atoms with Gasteiger partial charge in [-0.15, -0.1) is 10.2 Å². The number of halogens is 1. The lowest BCUT2D eigenvalue weighted by atomic mass is 10.2. The third-order valence-corrected chi connectivity index (χ3v) is 4.31. The first-order valence-electron chi connectivity index (χ1n) is 7.71. The summed E-state index contributed by atoms with van der Waals surface area (Å²) in [5.74, 6) is -0.673. The van der Waals surface area contributed by atoms with Crippen LogP contribution in [-0.2, 0) is 11.2 Å². The highest BCUT2D eigenvalue weighted by molar-refractivity contribution is 7.15. The number of amides is 2. The molecule has 0 atom stereocenters. The fourth-order valence-corrected chi connectivity index (χ4v) is 2.81. The molecule has 0 aliphatic carbocycles. The number of benzene rings is 1. The minimum atomic E-state index is -0.341. The molecule has 3 aromatic rings. The molecule has 0 bridgehead atoms. The van der Waals surface area contributed by atoms with Gasteiger partial charge in [-0.25, -0.2) is 5.43 Å². The number of hydrogen-bond acceptors (Lipinski definition) is 7. The Morgan fingerprint density at radius 3 is 2.59 bits per heavy atom. The molecule has 0 unspecified atom stereocenters. The number of anilines is 1. The second kappa shape index (κ2) is 8.97. The molecule has 2 N–H and O–H groups in total. The minimum Gasteiger partial charge on any atom is -0.296 e. The highest BCUT2D eigenvalue weighted by Crippen LogP contribution is 2.17. The van der Waals surface area contributed by atoms with E-state index in [4.69, 9.17) is 11.6 Å². The second-order valence-corrected chi connectivity index (χ2v) is 6.71. The molecule has 0 saturated heterocycles. The Labute approximate surface area is 163 Å². The lowest BCUT2D eigenvalue weighted by Gasteiger charge is -2.00. The predicted molar refractivity (Wildman–Crippen MR) is 103 cm³/mol. The van der Waals surface area contributed by atoms with Gasteiger partial charge in [-0.1, -0.05) is 22.9 Å². The van der Waals surface area contributed by atoms with Crippen LogP contribution in [0.3, 0.4) is 0 Å². The largest absolute Gasteiger partial charge is 0.296 e. The lowest BCUT2D eigenvalue weighted by molar-refractivity contribution is -0.120. The van der Waals surface area contributed by atoms with E-state index >= 15 is 0 Å². The van der Waals surface area contributed by atoms with Gasteiger partial charge in [-0.05, 0) is 42.0 Å². The molecule has 2 amide bonds. The molecular weight excluding hydrogens is 388 g/mol. The molecule has 2 aromatic heterocycles. The number of pyridine rings is 1. The number of rotatable bonds is 6. The molecule has 2 heterocycles. The van der Waals surface area contributed by atoms with Crippen LogP contribution in [0.25, 0.3) is 0 Å². The third kappa shape index (κ3) is 5.66. The van der Waals surface area contributed by atoms with E-state index in [0.717, 1.165) is 16.9 Å². The molecule has 0 radical (unpaired) electrons. The van der Waals surface area contributed by atoms with Gasteiger partial charge in [0.25, 0.3) is 5.91 Å². The Bertz CT molecular complexity index is 959. The van der Waals surface area contributed by atoms with Crippen LogP contribution >= 0.6 is 22.9 Å². The van der Waals surface area contributed by atoms with Crippen LogP contribution in [0.1, 0.15) is 20.9 Å². The molecule has 136 valence electrons. The zero-order valence-corrected chi connectivity index (χ0v) is 15.4. The maximum absolute atomic E-state index is 12.1. The van der Waals surface area contributed by atoms with Crippen molar-refractivity contribution < 1.29 is 9.59 Å². The summed E-state index contributed by atoms with van der Waals surface area (Å²) in [5, 5.41) is 15.6. The number of carbonyl (C=O) groups excluding carboxylic acids is 2. The SMILES string of the molecule is O=C(Cc1nnc(NC(=O)c2ccc(Cl)cc2)s1)N/N=C\c1ccncc1. The summed E-state index contributed by atoms with van der Waals surface area (Å²) >= 11 is 6.91. The van der Waals surface area contributed by atoms with Crippen molar-refractivity contribution >= 4 is 46.1 Å². The van der Waals surface area contributed by atoms with Crippen molar-refractivity contribution in [1.82, 2.24) is 20.6 Å². The van der Waals surface area contributed by atoms with Crippen molar-refractivity contribution in [3.8, 4) is 0 Å².